The molecule has 2 aromatic rings. The quantitative estimate of drug-likeness (QED) is 0.819. The summed E-state index contributed by atoms with van der Waals surface area (Å²) in [7, 11) is 0. The SMILES string of the molecule is Cc1ccc2nc(CN3CCCC(C(=O)NCCN)C3)cn2c1.Cl.Cl. The number of hydrogen-bond donors (Lipinski definition) is 2. The molecule has 0 bridgehead atoms. The molecule has 1 amide bonds. The van der Waals surface area contributed by atoms with Crippen LogP contribution in [0.5, 0.6) is 0 Å². The van der Waals surface area contributed by atoms with Crippen molar-refractivity contribution in [3.63, 3.8) is 0 Å². The molecule has 0 aromatic carbocycles. The van der Waals surface area contributed by atoms with E-state index >= 15 is 0 Å². The van der Waals surface area contributed by atoms with E-state index in [2.05, 4.69) is 45.0 Å². The van der Waals surface area contributed by atoms with Gasteiger partial charge in [0.1, 0.15) is 5.65 Å². The van der Waals surface area contributed by atoms with E-state index in [0.717, 1.165) is 43.8 Å². The zero-order chi connectivity index (χ0) is 16.2. The first-order chi connectivity index (χ1) is 11.2. The van der Waals surface area contributed by atoms with E-state index in [1.807, 2.05) is 6.07 Å². The number of aromatic nitrogens is 2. The summed E-state index contributed by atoms with van der Waals surface area (Å²) in [5.74, 6) is 0.195. The van der Waals surface area contributed by atoms with Crippen LogP contribution in [-0.4, -0.2) is 46.4 Å². The molecule has 1 fully saturated rings. The first kappa shape index (κ1) is 21.7. The molecule has 25 heavy (non-hydrogen) atoms. The molecule has 8 heteroatoms. The summed E-state index contributed by atoms with van der Waals surface area (Å²) in [6, 6.07) is 4.11. The van der Waals surface area contributed by atoms with E-state index < -0.39 is 0 Å². The maximum atomic E-state index is 12.1. The van der Waals surface area contributed by atoms with Gasteiger partial charge in [-0.25, -0.2) is 4.98 Å². The van der Waals surface area contributed by atoms with Crippen molar-refractivity contribution in [1.82, 2.24) is 19.6 Å². The van der Waals surface area contributed by atoms with E-state index in [4.69, 9.17) is 5.73 Å². The molecule has 1 unspecified atom stereocenters. The Morgan fingerprint density at radius 2 is 2.16 bits per heavy atom. The van der Waals surface area contributed by atoms with Crippen molar-refractivity contribution in [3.05, 3.63) is 35.8 Å². The average molecular weight is 388 g/mol. The van der Waals surface area contributed by atoms with Gasteiger partial charge < -0.3 is 15.5 Å². The van der Waals surface area contributed by atoms with Crippen LogP contribution in [-0.2, 0) is 11.3 Å². The third kappa shape index (κ3) is 5.57. The van der Waals surface area contributed by atoms with Crippen molar-refractivity contribution in [2.75, 3.05) is 26.2 Å². The molecule has 1 atom stereocenters. The third-order valence-corrected chi connectivity index (χ3v) is 4.35. The first-order valence-electron chi connectivity index (χ1n) is 8.30. The Hall–Kier alpha value is -1.34. The molecule has 3 N–H and O–H groups in total. The predicted molar refractivity (Wildman–Crippen MR) is 104 cm³/mol. The number of aryl methyl sites for hydroxylation is 1. The fraction of sp³-hybridized carbons (Fsp3) is 0.529. The van der Waals surface area contributed by atoms with Crippen LogP contribution in [0.2, 0.25) is 0 Å². The summed E-state index contributed by atoms with van der Waals surface area (Å²) >= 11 is 0. The number of carbonyl (C=O) groups is 1. The molecule has 3 heterocycles. The number of rotatable bonds is 5. The van der Waals surface area contributed by atoms with Gasteiger partial charge in [0.05, 0.1) is 11.6 Å². The number of piperidine rings is 1. The van der Waals surface area contributed by atoms with E-state index in [1.165, 1.54) is 5.56 Å². The molecule has 0 radical (unpaired) electrons. The van der Waals surface area contributed by atoms with Gasteiger partial charge in [-0.2, -0.15) is 0 Å². The van der Waals surface area contributed by atoms with Gasteiger partial charge in [0, 0.05) is 38.6 Å². The van der Waals surface area contributed by atoms with Gasteiger partial charge >= 0.3 is 0 Å². The van der Waals surface area contributed by atoms with Gasteiger partial charge in [-0.3, -0.25) is 9.69 Å². The van der Waals surface area contributed by atoms with Crippen LogP contribution in [0.25, 0.3) is 5.65 Å². The Labute approximate surface area is 161 Å². The summed E-state index contributed by atoms with van der Waals surface area (Å²) in [5.41, 5.74) is 8.69. The zero-order valence-electron chi connectivity index (χ0n) is 14.5. The highest BCUT2D eigenvalue weighted by atomic mass is 35.5. The van der Waals surface area contributed by atoms with Gasteiger partial charge in [-0.05, 0) is 37.9 Å². The van der Waals surface area contributed by atoms with Gasteiger partial charge in [0.2, 0.25) is 5.91 Å². The second-order valence-electron chi connectivity index (χ2n) is 6.36. The van der Waals surface area contributed by atoms with Crippen LogP contribution in [0.4, 0.5) is 0 Å². The molecule has 3 rings (SSSR count). The third-order valence-electron chi connectivity index (χ3n) is 4.35. The predicted octanol–water partition coefficient (Wildman–Crippen LogP) is 1.77. The number of pyridine rings is 1. The highest BCUT2D eigenvalue weighted by Gasteiger charge is 2.25. The summed E-state index contributed by atoms with van der Waals surface area (Å²) in [4.78, 5) is 19.1. The van der Waals surface area contributed by atoms with E-state index in [1.54, 1.807) is 0 Å². The maximum absolute atomic E-state index is 12.1. The summed E-state index contributed by atoms with van der Waals surface area (Å²) in [5, 5.41) is 2.90. The van der Waals surface area contributed by atoms with Crippen molar-refractivity contribution in [1.29, 1.82) is 0 Å². The summed E-state index contributed by atoms with van der Waals surface area (Å²) < 4.78 is 2.07. The molecule has 6 nitrogen and oxygen atoms in total. The number of fused-ring (bicyclic) bond motifs is 1. The largest absolute Gasteiger partial charge is 0.355 e. The molecular formula is C17H27Cl2N5O. The highest BCUT2D eigenvalue weighted by molar-refractivity contribution is 5.85. The minimum Gasteiger partial charge on any atom is -0.355 e. The molecule has 1 saturated heterocycles. The van der Waals surface area contributed by atoms with E-state index in [-0.39, 0.29) is 36.6 Å². The number of nitrogens with one attached hydrogen (secondary N) is 1. The van der Waals surface area contributed by atoms with Crippen molar-refractivity contribution in [2.24, 2.45) is 11.7 Å². The number of nitrogens with zero attached hydrogens (tertiary/aromatic N) is 3. The van der Waals surface area contributed by atoms with Gasteiger partial charge in [-0.15, -0.1) is 24.8 Å². The monoisotopic (exact) mass is 387 g/mol. The smallest absolute Gasteiger partial charge is 0.224 e. The van der Waals surface area contributed by atoms with E-state index in [9.17, 15) is 4.79 Å². The Balaban J connectivity index is 0.00000156. The van der Waals surface area contributed by atoms with Crippen LogP contribution in [0.3, 0.4) is 0 Å². The van der Waals surface area contributed by atoms with Gasteiger partial charge in [0.15, 0.2) is 0 Å². The number of hydrogen-bond acceptors (Lipinski definition) is 4. The Morgan fingerprint density at radius 3 is 2.92 bits per heavy atom. The second-order valence-corrected chi connectivity index (χ2v) is 6.36. The Bertz CT molecular complexity index is 691. The number of halogens is 2. The van der Waals surface area contributed by atoms with Crippen LogP contribution in [0.15, 0.2) is 24.5 Å². The van der Waals surface area contributed by atoms with Crippen molar-refractivity contribution < 1.29 is 4.79 Å². The standard InChI is InChI=1S/C17H25N5O.2ClH/c1-13-4-5-16-20-15(12-22(16)9-13)11-21-8-2-3-14(10-21)17(23)19-7-6-18;;/h4-5,9,12,14H,2-3,6-8,10-11,18H2,1H3,(H,19,23);2*1H. The molecule has 1 aliphatic heterocycles. The molecule has 140 valence electrons. The zero-order valence-corrected chi connectivity index (χ0v) is 16.1. The fourth-order valence-electron chi connectivity index (χ4n) is 3.21. The summed E-state index contributed by atoms with van der Waals surface area (Å²) in [6.07, 6.45) is 6.18. The molecule has 0 saturated carbocycles. The molecule has 1 aliphatic rings. The minimum absolute atomic E-state index is 0. The number of carbonyl (C=O) groups excluding carboxylic acids is 1. The molecule has 0 aliphatic carbocycles. The number of imidazole rings is 1. The lowest BCUT2D eigenvalue weighted by Gasteiger charge is -2.31. The number of amides is 1. The molecule has 2 aromatic heterocycles. The molecular weight excluding hydrogens is 361 g/mol. The number of nitrogens with two attached hydrogens (primary N) is 1. The van der Waals surface area contributed by atoms with Crippen LogP contribution >= 0.6 is 24.8 Å². The lowest BCUT2D eigenvalue weighted by Crippen LogP contribution is -2.43. The average Bonchev–Trinajstić information content (AvgIpc) is 2.94. The topological polar surface area (TPSA) is 75.7 Å². The second kappa shape index (κ2) is 9.97. The molecule has 0 spiro atoms. The normalized spacial score (nSPS) is 17.6. The Kier molecular flexibility index (Phi) is 8.65. The lowest BCUT2D eigenvalue weighted by atomic mass is 9.97. The van der Waals surface area contributed by atoms with Crippen LogP contribution in [0.1, 0.15) is 24.1 Å². The maximum Gasteiger partial charge on any atom is 0.224 e. The van der Waals surface area contributed by atoms with Gasteiger partial charge in [0.25, 0.3) is 0 Å². The summed E-state index contributed by atoms with van der Waals surface area (Å²) in [6.45, 7) is 5.73. The van der Waals surface area contributed by atoms with E-state index in [0.29, 0.717) is 13.1 Å². The van der Waals surface area contributed by atoms with Crippen LogP contribution in [0, 0.1) is 12.8 Å². The van der Waals surface area contributed by atoms with Crippen molar-refractivity contribution in [2.45, 2.75) is 26.3 Å². The number of likely N-dealkylation sites (tertiary alicyclic amines) is 1. The van der Waals surface area contributed by atoms with Crippen LogP contribution < -0.4 is 11.1 Å². The lowest BCUT2D eigenvalue weighted by molar-refractivity contribution is -0.126. The van der Waals surface area contributed by atoms with Crippen molar-refractivity contribution in [3.8, 4) is 0 Å². The van der Waals surface area contributed by atoms with Crippen molar-refractivity contribution >= 4 is 36.4 Å². The Morgan fingerprint density at radius 1 is 1.36 bits per heavy atom. The highest BCUT2D eigenvalue weighted by Crippen LogP contribution is 2.19. The first-order valence-corrected chi connectivity index (χ1v) is 8.30. The fourth-order valence-corrected chi connectivity index (χ4v) is 3.21. The minimum atomic E-state index is 0. The van der Waals surface area contributed by atoms with Gasteiger partial charge in [-0.1, -0.05) is 6.07 Å².